The van der Waals surface area contributed by atoms with Gasteiger partial charge in [0.05, 0.1) is 17.0 Å². The van der Waals surface area contributed by atoms with Crippen LogP contribution in [0.25, 0.3) is 11.3 Å². The Morgan fingerprint density at radius 1 is 1.11 bits per heavy atom. The Morgan fingerprint density at radius 2 is 1.79 bits per heavy atom. The molecule has 0 aliphatic carbocycles. The number of hydrogen-bond donors (Lipinski definition) is 2. The standard InChI is InChI=1S/C31H37N3O4/c1-6-20-10-8-11-21(7-2)28(20)24-17-26(38-22-12-13-23(29(32)36)25(35)16-22)27(19(3)33-24)30(37)34-15-9-14-31(4,5)18-34/h8,10-13,16-17,35H,6-7,9,14-15,18H2,1-5H3,(H2,32,36). The van der Waals surface area contributed by atoms with Crippen LogP contribution in [0.3, 0.4) is 0 Å². The summed E-state index contributed by atoms with van der Waals surface area (Å²) in [6.07, 6.45) is 3.68. The molecule has 7 nitrogen and oxygen atoms in total. The average molecular weight is 516 g/mol. The lowest BCUT2D eigenvalue weighted by molar-refractivity contribution is 0.0579. The molecule has 0 radical (unpaired) electrons. The molecule has 2 heterocycles. The predicted molar refractivity (Wildman–Crippen MR) is 149 cm³/mol. The number of ether oxygens (including phenoxy) is 1. The number of rotatable bonds is 7. The number of primary amides is 1. The maximum Gasteiger partial charge on any atom is 0.259 e. The normalized spacial score (nSPS) is 14.8. The van der Waals surface area contributed by atoms with Gasteiger partial charge in [-0.1, -0.05) is 45.9 Å². The van der Waals surface area contributed by atoms with Crippen LogP contribution in [0.5, 0.6) is 17.2 Å². The maximum atomic E-state index is 13.9. The number of amides is 2. The third-order valence-corrected chi connectivity index (χ3v) is 7.28. The van der Waals surface area contributed by atoms with Crippen LogP contribution in [-0.2, 0) is 12.8 Å². The van der Waals surface area contributed by atoms with Gasteiger partial charge in [0.2, 0.25) is 0 Å². The molecule has 4 rings (SSSR count). The summed E-state index contributed by atoms with van der Waals surface area (Å²) >= 11 is 0. The highest BCUT2D eigenvalue weighted by molar-refractivity contribution is 5.99. The second kappa shape index (κ2) is 10.9. The minimum Gasteiger partial charge on any atom is -0.507 e. The summed E-state index contributed by atoms with van der Waals surface area (Å²) in [6.45, 7) is 11.7. The number of aryl methyl sites for hydroxylation is 3. The maximum absolute atomic E-state index is 13.9. The van der Waals surface area contributed by atoms with E-state index in [1.54, 1.807) is 6.07 Å². The minimum atomic E-state index is -0.733. The molecule has 0 spiro atoms. The average Bonchev–Trinajstić information content (AvgIpc) is 2.86. The smallest absolute Gasteiger partial charge is 0.259 e. The molecular weight excluding hydrogens is 478 g/mol. The summed E-state index contributed by atoms with van der Waals surface area (Å²) < 4.78 is 6.28. The zero-order valence-corrected chi connectivity index (χ0v) is 22.9. The van der Waals surface area contributed by atoms with Crippen molar-refractivity contribution in [1.82, 2.24) is 9.88 Å². The number of carbonyl (C=O) groups is 2. The van der Waals surface area contributed by atoms with Crippen molar-refractivity contribution in [3.63, 3.8) is 0 Å². The number of carbonyl (C=O) groups excluding carboxylic acids is 2. The van der Waals surface area contributed by atoms with Crippen molar-refractivity contribution >= 4 is 11.8 Å². The molecule has 2 amide bonds. The van der Waals surface area contributed by atoms with Gasteiger partial charge in [-0.3, -0.25) is 14.6 Å². The van der Waals surface area contributed by atoms with E-state index in [1.165, 1.54) is 23.3 Å². The van der Waals surface area contributed by atoms with Crippen LogP contribution in [0.1, 0.15) is 78.1 Å². The van der Waals surface area contributed by atoms with Gasteiger partial charge in [0.25, 0.3) is 11.8 Å². The number of nitrogens with two attached hydrogens (primary N) is 1. The molecule has 2 aromatic carbocycles. The van der Waals surface area contributed by atoms with Crippen molar-refractivity contribution in [2.45, 2.75) is 60.3 Å². The molecule has 0 unspecified atom stereocenters. The van der Waals surface area contributed by atoms with Crippen molar-refractivity contribution in [2.75, 3.05) is 13.1 Å². The molecule has 3 N–H and O–H groups in total. The van der Waals surface area contributed by atoms with E-state index in [0.717, 1.165) is 36.9 Å². The first kappa shape index (κ1) is 27.2. The minimum absolute atomic E-state index is 0.000238. The topological polar surface area (TPSA) is 106 Å². The van der Waals surface area contributed by atoms with Crippen molar-refractivity contribution in [3.8, 4) is 28.5 Å². The Kier molecular flexibility index (Phi) is 7.76. The van der Waals surface area contributed by atoms with E-state index < -0.39 is 5.91 Å². The lowest BCUT2D eigenvalue weighted by Crippen LogP contribution is -2.44. The Hall–Kier alpha value is -3.87. The van der Waals surface area contributed by atoms with Gasteiger partial charge in [0, 0.05) is 30.8 Å². The number of aromatic nitrogens is 1. The molecule has 0 bridgehead atoms. The zero-order chi connectivity index (χ0) is 27.6. The van der Waals surface area contributed by atoms with Crippen molar-refractivity contribution < 1.29 is 19.4 Å². The van der Waals surface area contributed by atoms with Crippen molar-refractivity contribution in [2.24, 2.45) is 11.1 Å². The second-order valence-electron chi connectivity index (χ2n) is 10.8. The molecule has 1 aliphatic rings. The highest BCUT2D eigenvalue weighted by atomic mass is 16.5. The van der Waals surface area contributed by atoms with Gasteiger partial charge in [-0.05, 0) is 61.3 Å². The van der Waals surface area contributed by atoms with E-state index in [2.05, 4.69) is 45.9 Å². The third-order valence-electron chi connectivity index (χ3n) is 7.28. The number of piperidine rings is 1. The summed E-state index contributed by atoms with van der Waals surface area (Å²) in [6, 6.07) is 12.4. The first-order valence-electron chi connectivity index (χ1n) is 13.3. The van der Waals surface area contributed by atoms with Crippen LogP contribution < -0.4 is 10.5 Å². The Morgan fingerprint density at radius 3 is 2.37 bits per heavy atom. The van der Waals surface area contributed by atoms with Crippen LogP contribution in [0.2, 0.25) is 0 Å². The fourth-order valence-corrected chi connectivity index (χ4v) is 5.35. The predicted octanol–water partition coefficient (Wildman–Crippen LogP) is 6.04. The van der Waals surface area contributed by atoms with E-state index in [-0.39, 0.29) is 28.4 Å². The number of phenols is 1. The number of pyridine rings is 1. The molecule has 7 heteroatoms. The third kappa shape index (κ3) is 5.52. The van der Waals surface area contributed by atoms with Gasteiger partial charge in [0.1, 0.15) is 22.8 Å². The largest absolute Gasteiger partial charge is 0.507 e. The van der Waals surface area contributed by atoms with E-state index in [9.17, 15) is 14.7 Å². The summed E-state index contributed by atoms with van der Waals surface area (Å²) in [5, 5.41) is 10.3. The lowest BCUT2D eigenvalue weighted by atomic mass is 9.84. The van der Waals surface area contributed by atoms with Gasteiger partial charge in [-0.2, -0.15) is 0 Å². The highest BCUT2D eigenvalue weighted by Crippen LogP contribution is 2.38. The Labute approximate surface area is 224 Å². The molecule has 200 valence electrons. The fourth-order valence-electron chi connectivity index (χ4n) is 5.35. The van der Waals surface area contributed by atoms with Crippen LogP contribution in [-0.4, -0.2) is 39.9 Å². The van der Waals surface area contributed by atoms with Gasteiger partial charge in [0.15, 0.2) is 0 Å². The quantitative estimate of drug-likeness (QED) is 0.399. The first-order chi connectivity index (χ1) is 18.0. The van der Waals surface area contributed by atoms with E-state index in [0.29, 0.717) is 30.1 Å². The summed E-state index contributed by atoms with van der Waals surface area (Å²) in [5.41, 5.74) is 10.5. The van der Waals surface area contributed by atoms with Crippen molar-refractivity contribution in [3.05, 3.63) is 70.4 Å². The molecule has 3 aromatic rings. The van der Waals surface area contributed by atoms with Gasteiger partial charge in [-0.15, -0.1) is 0 Å². The SMILES string of the molecule is CCc1cccc(CC)c1-c1cc(Oc2ccc(C(N)=O)c(O)c2)c(C(=O)N2CCCC(C)(C)C2)c(C)n1. The molecule has 0 saturated carbocycles. The van der Waals surface area contributed by atoms with Gasteiger partial charge in [-0.25, -0.2) is 0 Å². The first-order valence-corrected chi connectivity index (χ1v) is 13.3. The monoisotopic (exact) mass is 515 g/mol. The van der Waals surface area contributed by atoms with Crippen LogP contribution in [0, 0.1) is 12.3 Å². The van der Waals surface area contributed by atoms with E-state index in [1.807, 2.05) is 17.9 Å². The van der Waals surface area contributed by atoms with E-state index >= 15 is 0 Å². The molecule has 1 aromatic heterocycles. The second-order valence-corrected chi connectivity index (χ2v) is 10.8. The lowest BCUT2D eigenvalue weighted by Gasteiger charge is -2.38. The zero-order valence-electron chi connectivity index (χ0n) is 22.9. The molecule has 1 saturated heterocycles. The van der Waals surface area contributed by atoms with Crippen molar-refractivity contribution in [1.29, 1.82) is 0 Å². The molecule has 38 heavy (non-hydrogen) atoms. The van der Waals surface area contributed by atoms with Crippen LogP contribution in [0.4, 0.5) is 0 Å². The van der Waals surface area contributed by atoms with Gasteiger partial charge < -0.3 is 20.5 Å². The van der Waals surface area contributed by atoms with Crippen LogP contribution >= 0.6 is 0 Å². The Balaban J connectivity index is 1.87. The molecule has 0 atom stereocenters. The number of benzene rings is 2. The van der Waals surface area contributed by atoms with Crippen LogP contribution in [0.15, 0.2) is 42.5 Å². The summed E-state index contributed by atoms with van der Waals surface area (Å²) in [7, 11) is 0. The highest BCUT2D eigenvalue weighted by Gasteiger charge is 2.32. The number of aromatic hydroxyl groups is 1. The summed E-state index contributed by atoms with van der Waals surface area (Å²) in [5.74, 6) is -0.488. The molecule has 1 fully saturated rings. The van der Waals surface area contributed by atoms with E-state index in [4.69, 9.17) is 15.5 Å². The molecule has 1 aliphatic heterocycles. The number of nitrogens with zero attached hydrogens (tertiary/aromatic N) is 2. The fraction of sp³-hybridized carbons (Fsp3) is 0.387. The Bertz CT molecular complexity index is 1360. The number of likely N-dealkylation sites (tertiary alicyclic amines) is 1. The van der Waals surface area contributed by atoms with Gasteiger partial charge >= 0.3 is 0 Å². The molecular formula is C31H37N3O4. The summed E-state index contributed by atoms with van der Waals surface area (Å²) in [4.78, 5) is 32.3. The number of hydrogen-bond acceptors (Lipinski definition) is 5.